The predicted octanol–water partition coefficient (Wildman–Crippen LogP) is 5.22. The number of hydrogen-bond donors (Lipinski definition) is 2. The Hall–Kier alpha value is -3.78. The number of fused-ring (bicyclic) bond motifs is 1. The number of rotatable bonds is 5. The minimum atomic E-state index is -5.22. The molecule has 3 N–H and O–H groups in total. The van der Waals surface area contributed by atoms with E-state index in [0.717, 1.165) is 4.57 Å². The van der Waals surface area contributed by atoms with Crippen molar-refractivity contribution in [3.63, 3.8) is 0 Å². The Morgan fingerprint density at radius 1 is 0.952 bits per heavy atom. The van der Waals surface area contributed by atoms with Gasteiger partial charge < -0.3 is 5.73 Å². The van der Waals surface area contributed by atoms with Crippen molar-refractivity contribution in [1.82, 2.24) is 19.5 Å². The van der Waals surface area contributed by atoms with E-state index in [1.54, 1.807) is 24.3 Å². The molecule has 0 bridgehead atoms. The van der Waals surface area contributed by atoms with Gasteiger partial charge in [0.2, 0.25) is 5.95 Å². The standard InChI is InChI=1S/C24H15F6IN6O4S/c25-23(26,27)14-5-15(24(28,29)30)7-16(6-14)36-20(38)22(31,37-18(42(39,40)41)10-34-21(36)37)8-12-1-3-13(4-2-12)17-9-33-11-35-19(17)32/h1-7,9-11H,8H2,(H2,32,33,35)(H,39,40,41)/t22-/m1/s1. The second-order valence-corrected chi connectivity index (χ2v) is 12.2. The Morgan fingerprint density at radius 3 is 2.07 bits per heavy atom. The van der Waals surface area contributed by atoms with Crippen molar-refractivity contribution in [2.24, 2.45) is 0 Å². The van der Waals surface area contributed by atoms with Gasteiger partial charge in [-0.05, 0) is 51.9 Å². The van der Waals surface area contributed by atoms with Gasteiger partial charge in [-0.15, -0.1) is 0 Å². The molecule has 10 nitrogen and oxygen atoms in total. The van der Waals surface area contributed by atoms with E-state index in [1.165, 1.54) is 35.1 Å². The molecule has 2 aromatic carbocycles. The zero-order valence-electron chi connectivity index (χ0n) is 20.5. The van der Waals surface area contributed by atoms with Crippen molar-refractivity contribution < 1.29 is 44.1 Å². The summed E-state index contributed by atoms with van der Waals surface area (Å²) in [4.78, 5) is 25.9. The van der Waals surface area contributed by atoms with E-state index in [9.17, 15) is 44.1 Å². The number of halogens is 7. The van der Waals surface area contributed by atoms with Crippen LogP contribution in [0.2, 0.25) is 0 Å². The van der Waals surface area contributed by atoms with Crippen LogP contribution in [0.15, 0.2) is 66.2 Å². The Morgan fingerprint density at radius 2 is 1.55 bits per heavy atom. The van der Waals surface area contributed by atoms with Gasteiger partial charge in [0, 0.05) is 18.2 Å². The van der Waals surface area contributed by atoms with Crippen LogP contribution in [-0.4, -0.2) is 38.4 Å². The lowest BCUT2D eigenvalue weighted by atomic mass is 10.0. The molecule has 0 radical (unpaired) electrons. The highest BCUT2D eigenvalue weighted by Gasteiger charge is 2.54. The number of nitrogens with two attached hydrogens (primary N) is 1. The maximum absolute atomic E-state index is 13.9. The molecule has 0 saturated carbocycles. The number of carbonyl (C=O) groups excluding carboxylic acids is 1. The van der Waals surface area contributed by atoms with Crippen molar-refractivity contribution in [2.45, 2.75) is 27.3 Å². The van der Waals surface area contributed by atoms with Crippen LogP contribution in [0.1, 0.15) is 16.7 Å². The van der Waals surface area contributed by atoms with Gasteiger partial charge in [0.15, 0.2) is 8.57 Å². The molecule has 18 heteroatoms. The fourth-order valence-corrected chi connectivity index (χ4v) is 6.42. The monoisotopic (exact) mass is 724 g/mol. The Labute approximate surface area is 246 Å². The summed E-state index contributed by atoms with van der Waals surface area (Å²) in [5, 5.41) is -0.892. The van der Waals surface area contributed by atoms with Crippen molar-refractivity contribution in [3.8, 4) is 11.1 Å². The third-order valence-electron chi connectivity index (χ3n) is 6.34. The number of anilines is 3. The van der Waals surface area contributed by atoms with Crippen LogP contribution < -0.4 is 10.6 Å². The highest BCUT2D eigenvalue weighted by molar-refractivity contribution is 14.1. The third kappa shape index (κ3) is 5.17. The Bertz CT molecular complexity index is 1800. The molecule has 0 saturated heterocycles. The largest absolute Gasteiger partial charge is 0.416 e. The molecule has 2 aromatic heterocycles. The quantitative estimate of drug-likeness (QED) is 0.124. The van der Waals surface area contributed by atoms with E-state index in [1.807, 2.05) is 0 Å². The Balaban J connectivity index is 1.64. The molecule has 4 aromatic rings. The first-order valence-corrected chi connectivity index (χ1v) is 14.0. The van der Waals surface area contributed by atoms with Gasteiger partial charge in [0.1, 0.15) is 12.1 Å². The highest BCUT2D eigenvalue weighted by atomic mass is 127. The van der Waals surface area contributed by atoms with Gasteiger partial charge in [-0.25, -0.2) is 19.9 Å². The van der Waals surface area contributed by atoms with Crippen LogP contribution in [0.3, 0.4) is 0 Å². The van der Waals surface area contributed by atoms with Crippen LogP contribution in [-0.2, 0) is 37.2 Å². The minimum absolute atomic E-state index is 0.108. The number of imidazole rings is 1. The van der Waals surface area contributed by atoms with Crippen molar-refractivity contribution in [1.29, 1.82) is 0 Å². The van der Waals surface area contributed by atoms with Gasteiger partial charge in [0.05, 0.1) is 23.0 Å². The number of alkyl halides is 7. The van der Waals surface area contributed by atoms with E-state index in [2.05, 4.69) is 15.0 Å². The molecule has 0 aliphatic carbocycles. The molecule has 1 atom stereocenters. The van der Waals surface area contributed by atoms with Crippen LogP contribution in [0, 0.1) is 0 Å². The zero-order valence-corrected chi connectivity index (χ0v) is 23.5. The number of nitrogen functional groups attached to an aromatic ring is 1. The topological polar surface area (TPSA) is 144 Å². The highest BCUT2D eigenvalue weighted by Crippen LogP contribution is 2.49. The van der Waals surface area contributed by atoms with E-state index >= 15 is 0 Å². The average Bonchev–Trinajstić information content (AvgIpc) is 3.42. The van der Waals surface area contributed by atoms with Crippen LogP contribution in [0.5, 0.6) is 0 Å². The lowest BCUT2D eigenvalue weighted by molar-refractivity contribution is -0.143. The fraction of sp³-hybridized carbons (Fsp3) is 0.167. The number of aromatic nitrogens is 4. The van der Waals surface area contributed by atoms with Gasteiger partial charge >= 0.3 is 22.5 Å². The summed E-state index contributed by atoms with van der Waals surface area (Å²) in [5.74, 6) is -1.53. The minimum Gasteiger partial charge on any atom is -0.383 e. The summed E-state index contributed by atoms with van der Waals surface area (Å²) in [6, 6.07) is 6.84. The molecule has 1 aliphatic heterocycles. The van der Waals surface area contributed by atoms with Crippen LogP contribution in [0.4, 0.5) is 43.8 Å². The summed E-state index contributed by atoms with van der Waals surface area (Å²) in [6.07, 6.45) is -7.38. The molecular formula is C24H15F6IN6O4S. The normalized spacial score (nSPS) is 17.5. The van der Waals surface area contributed by atoms with Crippen molar-refractivity contribution in [3.05, 3.63) is 77.9 Å². The summed E-state index contributed by atoms with van der Waals surface area (Å²) in [6.45, 7) is 0. The summed E-state index contributed by atoms with van der Waals surface area (Å²) >= 11 is 1.54. The van der Waals surface area contributed by atoms with Crippen LogP contribution >= 0.6 is 22.6 Å². The number of nitrogens with zero attached hydrogens (tertiary/aromatic N) is 5. The maximum Gasteiger partial charge on any atom is 0.416 e. The van der Waals surface area contributed by atoms with Crippen molar-refractivity contribution in [2.75, 3.05) is 10.6 Å². The molecule has 1 aliphatic rings. The number of carbonyl (C=O) groups is 1. The van der Waals surface area contributed by atoms with Gasteiger partial charge in [-0.1, -0.05) is 24.3 Å². The molecular weight excluding hydrogens is 709 g/mol. The smallest absolute Gasteiger partial charge is 0.383 e. The van der Waals surface area contributed by atoms with E-state index < -0.39 is 59.7 Å². The predicted molar refractivity (Wildman–Crippen MR) is 143 cm³/mol. The molecule has 42 heavy (non-hydrogen) atoms. The van der Waals surface area contributed by atoms with E-state index in [-0.39, 0.29) is 18.3 Å². The molecule has 0 spiro atoms. The Kier molecular flexibility index (Phi) is 7.00. The lowest BCUT2D eigenvalue weighted by Crippen LogP contribution is -2.39. The first-order chi connectivity index (χ1) is 19.4. The summed E-state index contributed by atoms with van der Waals surface area (Å²) in [5.41, 5.74) is 3.11. The van der Waals surface area contributed by atoms with E-state index in [0.29, 0.717) is 39.9 Å². The second-order valence-electron chi connectivity index (χ2n) is 9.07. The average molecular weight is 724 g/mol. The molecule has 0 fully saturated rings. The maximum atomic E-state index is 13.9. The molecule has 3 heterocycles. The lowest BCUT2D eigenvalue weighted by Gasteiger charge is -2.25. The first kappa shape index (κ1) is 29.7. The first-order valence-electron chi connectivity index (χ1n) is 11.4. The zero-order chi connectivity index (χ0) is 30.8. The van der Waals surface area contributed by atoms with Crippen LogP contribution in [0.25, 0.3) is 11.1 Å². The third-order valence-corrected chi connectivity index (χ3v) is 8.48. The van der Waals surface area contributed by atoms with Crippen molar-refractivity contribution >= 4 is 56.1 Å². The molecule has 5 rings (SSSR count). The summed E-state index contributed by atoms with van der Waals surface area (Å²) < 4.78 is 114. The van der Waals surface area contributed by atoms with Gasteiger partial charge in [-0.2, -0.15) is 34.8 Å². The van der Waals surface area contributed by atoms with Gasteiger partial charge in [-0.3, -0.25) is 13.9 Å². The SMILES string of the molecule is Nc1ncncc1-c1ccc(C[C@]2(I)C(=O)N(c3cc(C(F)(F)F)cc(C(F)(F)F)c3)c3ncc(S(=O)(=O)O)n32)cc1. The second kappa shape index (κ2) is 9.90. The number of benzene rings is 2. The fourth-order valence-electron chi connectivity index (χ4n) is 4.45. The number of hydrogen-bond acceptors (Lipinski definition) is 7. The number of amides is 1. The molecule has 220 valence electrons. The van der Waals surface area contributed by atoms with E-state index in [4.69, 9.17) is 5.73 Å². The molecule has 0 unspecified atom stereocenters. The summed E-state index contributed by atoms with van der Waals surface area (Å²) in [7, 11) is -5.06. The van der Waals surface area contributed by atoms with Gasteiger partial charge in [0.25, 0.3) is 5.91 Å². The molecule has 1 amide bonds.